The van der Waals surface area contributed by atoms with Crippen LogP contribution in [0.25, 0.3) is 0 Å². The van der Waals surface area contributed by atoms with E-state index in [4.69, 9.17) is 25.8 Å². The van der Waals surface area contributed by atoms with Crippen LogP contribution >= 0.6 is 11.6 Å². The van der Waals surface area contributed by atoms with Crippen LogP contribution in [0.15, 0.2) is 71.6 Å². The number of para-hydroxylation sites is 2. The van der Waals surface area contributed by atoms with Crippen LogP contribution in [-0.4, -0.2) is 57.7 Å². The number of benzene rings is 3. The van der Waals surface area contributed by atoms with Crippen LogP contribution in [0, 0.1) is 0 Å². The smallest absolute Gasteiger partial charge is 0.244 e. The predicted octanol–water partition coefficient (Wildman–Crippen LogP) is 5.33. The first-order chi connectivity index (χ1) is 19.2. The Morgan fingerprint density at radius 3 is 2.45 bits per heavy atom. The van der Waals surface area contributed by atoms with Crippen molar-refractivity contribution in [3.05, 3.63) is 71.8 Å². The van der Waals surface area contributed by atoms with E-state index in [0.717, 1.165) is 19.3 Å². The third-order valence-corrected chi connectivity index (χ3v) is 8.14. The van der Waals surface area contributed by atoms with Gasteiger partial charge in [0.15, 0.2) is 27.1 Å². The monoisotopic (exact) mass is 586 g/mol. The van der Waals surface area contributed by atoms with Gasteiger partial charge in [0.2, 0.25) is 11.8 Å². The van der Waals surface area contributed by atoms with Crippen LogP contribution in [0.3, 0.4) is 0 Å². The fraction of sp³-hybridized carbons (Fsp3) is 0.310. The van der Waals surface area contributed by atoms with Gasteiger partial charge < -0.3 is 24.4 Å². The number of halogens is 1. The molecule has 11 heteroatoms. The molecule has 2 amide bonds. The summed E-state index contributed by atoms with van der Waals surface area (Å²) in [7, 11) is -2.46. The summed E-state index contributed by atoms with van der Waals surface area (Å²) in [5.74, 6) is -0.0410. The molecule has 1 N–H and O–H groups in total. The molecule has 0 saturated carbocycles. The summed E-state index contributed by atoms with van der Waals surface area (Å²) in [6.45, 7) is 0.378. The number of methoxy groups -OCH3 is 1. The molecule has 3 aromatic rings. The highest BCUT2D eigenvalue weighted by Gasteiger charge is 2.25. The second-order valence-corrected chi connectivity index (χ2v) is 11.7. The number of carbonyl (C=O) groups excluding carboxylic acids is 2. The van der Waals surface area contributed by atoms with Gasteiger partial charge in [0, 0.05) is 11.6 Å². The van der Waals surface area contributed by atoms with Crippen molar-refractivity contribution in [1.29, 1.82) is 0 Å². The Hall–Kier alpha value is -3.76. The third-order valence-electron chi connectivity index (χ3n) is 6.28. The predicted molar refractivity (Wildman–Crippen MR) is 152 cm³/mol. The van der Waals surface area contributed by atoms with Crippen molar-refractivity contribution in [1.82, 2.24) is 4.90 Å². The zero-order chi connectivity index (χ0) is 28.5. The lowest BCUT2D eigenvalue weighted by molar-refractivity contribution is -0.132. The highest BCUT2D eigenvalue weighted by atomic mass is 35.5. The summed E-state index contributed by atoms with van der Waals surface area (Å²) in [5.41, 5.74) is 0.303. The van der Waals surface area contributed by atoms with E-state index in [1.54, 1.807) is 24.3 Å². The second-order valence-electron chi connectivity index (χ2n) is 9.25. The molecule has 212 valence electrons. The van der Waals surface area contributed by atoms with Crippen LogP contribution in [0.5, 0.6) is 23.0 Å². The van der Waals surface area contributed by atoms with Crippen LogP contribution in [0.2, 0.25) is 5.02 Å². The third kappa shape index (κ3) is 7.89. The molecule has 1 aliphatic rings. The number of carbonyl (C=O) groups is 2. The van der Waals surface area contributed by atoms with Gasteiger partial charge in [-0.05, 0) is 67.4 Å². The molecule has 0 fully saturated rings. The fourth-order valence-corrected chi connectivity index (χ4v) is 5.57. The van der Waals surface area contributed by atoms with E-state index in [2.05, 4.69) is 5.32 Å². The molecule has 9 nitrogen and oxygen atoms in total. The maximum Gasteiger partial charge on any atom is 0.244 e. The largest absolute Gasteiger partial charge is 0.497 e. The molecule has 0 saturated heterocycles. The Morgan fingerprint density at radius 1 is 0.975 bits per heavy atom. The van der Waals surface area contributed by atoms with Gasteiger partial charge in [-0.1, -0.05) is 36.6 Å². The minimum Gasteiger partial charge on any atom is -0.497 e. The van der Waals surface area contributed by atoms with Crippen LogP contribution in [0.1, 0.15) is 25.7 Å². The first-order valence-corrected chi connectivity index (χ1v) is 14.9. The van der Waals surface area contributed by atoms with Crippen molar-refractivity contribution in [3.63, 3.8) is 0 Å². The summed E-state index contributed by atoms with van der Waals surface area (Å²) in [6.07, 6.45) is 2.99. The van der Waals surface area contributed by atoms with Crippen LogP contribution in [0.4, 0.5) is 5.69 Å². The van der Waals surface area contributed by atoms with Crippen molar-refractivity contribution in [3.8, 4) is 23.0 Å². The van der Waals surface area contributed by atoms with Gasteiger partial charge >= 0.3 is 0 Å². The second kappa shape index (κ2) is 13.5. The van der Waals surface area contributed by atoms with Gasteiger partial charge in [0.05, 0.1) is 30.8 Å². The molecule has 0 aromatic heterocycles. The van der Waals surface area contributed by atoms with E-state index in [-0.39, 0.29) is 18.0 Å². The molecule has 0 spiro atoms. The highest BCUT2D eigenvalue weighted by Crippen LogP contribution is 2.36. The van der Waals surface area contributed by atoms with E-state index >= 15 is 0 Å². The van der Waals surface area contributed by atoms with Gasteiger partial charge in [-0.25, -0.2) is 8.42 Å². The number of hydrogen-bond donors (Lipinski definition) is 1. The summed E-state index contributed by atoms with van der Waals surface area (Å²) >= 11 is 6.20. The SMILES string of the molecule is COc1ccc(S(=O)(=O)CC(=O)N2CCCCCCOc3ccccc3Oc3ccc(Cl)cc3NC(=O)C2)cc1. The molecular weight excluding hydrogens is 556 g/mol. The maximum atomic E-state index is 13.2. The molecule has 0 radical (unpaired) electrons. The molecule has 4 rings (SSSR count). The van der Waals surface area contributed by atoms with Gasteiger partial charge in [0.1, 0.15) is 11.5 Å². The highest BCUT2D eigenvalue weighted by molar-refractivity contribution is 7.92. The van der Waals surface area contributed by atoms with E-state index in [1.807, 2.05) is 18.2 Å². The quantitative estimate of drug-likeness (QED) is 0.439. The molecule has 0 aliphatic carbocycles. The topological polar surface area (TPSA) is 111 Å². The number of sulfone groups is 1. The van der Waals surface area contributed by atoms with E-state index in [0.29, 0.717) is 46.7 Å². The summed E-state index contributed by atoms with van der Waals surface area (Å²) in [6, 6.07) is 17.9. The van der Waals surface area contributed by atoms with Gasteiger partial charge in [-0.2, -0.15) is 0 Å². The van der Waals surface area contributed by atoms with E-state index in [9.17, 15) is 18.0 Å². The molecule has 0 atom stereocenters. The lowest BCUT2D eigenvalue weighted by Crippen LogP contribution is -2.41. The lowest BCUT2D eigenvalue weighted by Gasteiger charge is -2.23. The Balaban J connectivity index is 1.55. The first-order valence-electron chi connectivity index (χ1n) is 12.9. The molecule has 0 unspecified atom stereocenters. The van der Waals surface area contributed by atoms with Gasteiger partial charge in [-0.3, -0.25) is 9.59 Å². The van der Waals surface area contributed by atoms with Crippen molar-refractivity contribution in [2.45, 2.75) is 30.6 Å². The van der Waals surface area contributed by atoms with E-state index < -0.39 is 27.4 Å². The van der Waals surface area contributed by atoms with Gasteiger partial charge in [-0.15, -0.1) is 0 Å². The number of hydrogen-bond acceptors (Lipinski definition) is 7. The van der Waals surface area contributed by atoms with Crippen LogP contribution < -0.4 is 19.5 Å². The van der Waals surface area contributed by atoms with Crippen molar-refractivity contribution in [2.75, 3.05) is 37.9 Å². The van der Waals surface area contributed by atoms with Crippen molar-refractivity contribution >= 4 is 38.9 Å². The summed E-state index contributed by atoms with van der Waals surface area (Å²) in [4.78, 5) is 27.6. The normalized spacial score (nSPS) is 15.1. The van der Waals surface area contributed by atoms with Crippen molar-refractivity contribution in [2.24, 2.45) is 0 Å². The Bertz CT molecular complexity index is 1440. The minimum atomic E-state index is -3.94. The maximum absolute atomic E-state index is 13.2. The molecular formula is C29H31ClN2O7S. The Kier molecular flexibility index (Phi) is 9.89. The molecule has 1 aliphatic heterocycles. The van der Waals surface area contributed by atoms with Crippen LogP contribution in [-0.2, 0) is 19.4 Å². The number of nitrogens with one attached hydrogen (secondary N) is 1. The number of rotatable bonds is 4. The van der Waals surface area contributed by atoms with Gasteiger partial charge in [0.25, 0.3) is 0 Å². The standard InChI is InChI=1S/C29H31ClN2O7S/c1-37-22-11-13-23(14-12-22)40(35,36)20-29(34)32-16-6-2-3-7-17-38-26-8-4-5-9-27(26)39-25-15-10-21(30)18-24(25)31-28(33)19-32/h4-5,8-15,18H,2-3,6-7,16-17,19-20H2,1H3,(H,31,33). The fourth-order valence-electron chi connectivity index (χ4n) is 4.18. The Labute approximate surface area is 238 Å². The number of nitrogens with zero attached hydrogens (tertiary/aromatic N) is 1. The molecule has 3 aromatic carbocycles. The number of anilines is 1. The lowest BCUT2D eigenvalue weighted by atomic mass is 10.2. The Morgan fingerprint density at radius 2 is 1.70 bits per heavy atom. The number of ether oxygens (including phenoxy) is 3. The zero-order valence-corrected chi connectivity index (χ0v) is 23.7. The first kappa shape index (κ1) is 29.2. The molecule has 40 heavy (non-hydrogen) atoms. The summed E-state index contributed by atoms with van der Waals surface area (Å²) in [5, 5.41) is 3.13. The average Bonchev–Trinajstić information content (AvgIpc) is 2.93. The molecule has 1 heterocycles. The number of amides is 2. The average molecular weight is 587 g/mol. The summed E-state index contributed by atoms with van der Waals surface area (Å²) < 4.78 is 43.0. The zero-order valence-electron chi connectivity index (χ0n) is 22.1. The number of fused-ring (bicyclic) bond motifs is 2. The van der Waals surface area contributed by atoms with Crippen molar-refractivity contribution < 1.29 is 32.2 Å². The van der Waals surface area contributed by atoms with E-state index in [1.165, 1.54) is 36.3 Å². The molecule has 0 bridgehead atoms. The minimum absolute atomic E-state index is 0.00140.